The van der Waals surface area contributed by atoms with E-state index >= 15 is 0 Å². The van der Waals surface area contributed by atoms with Gasteiger partial charge in [0.15, 0.2) is 0 Å². The van der Waals surface area contributed by atoms with Crippen LogP contribution in [0.5, 0.6) is 0 Å². The highest BCUT2D eigenvalue weighted by atomic mass is 79.9. The normalized spacial score (nSPS) is 12.7. The zero-order chi connectivity index (χ0) is 12.4. The predicted octanol–water partition coefficient (Wildman–Crippen LogP) is 3.05. The van der Waals surface area contributed by atoms with Crippen LogP contribution < -0.4 is 5.73 Å². The third-order valence-corrected chi connectivity index (χ3v) is 2.76. The lowest BCUT2D eigenvalue weighted by atomic mass is 10.2. The molecule has 1 aromatic carbocycles. The first-order valence-corrected chi connectivity index (χ1v) is 5.95. The molecular weight excluding hydrogens is 289 g/mol. The Morgan fingerprint density at radius 2 is 2.18 bits per heavy atom. The Labute approximate surface area is 106 Å². The van der Waals surface area contributed by atoms with E-state index in [4.69, 9.17) is 10.2 Å². The standard InChI is InChI=1S/C11H11BrFN3O/c1-2-9(14)11-16-15-10(17-11)6-3-7(12)5-8(13)4-6/h3-5,9H,2,14H2,1H3. The predicted molar refractivity (Wildman–Crippen MR) is 64.6 cm³/mol. The maximum atomic E-state index is 13.2. The fraction of sp³-hybridized carbons (Fsp3) is 0.273. The number of hydrogen-bond acceptors (Lipinski definition) is 4. The third-order valence-electron chi connectivity index (χ3n) is 2.31. The monoisotopic (exact) mass is 299 g/mol. The molecule has 17 heavy (non-hydrogen) atoms. The molecule has 2 aromatic rings. The lowest BCUT2D eigenvalue weighted by molar-refractivity contribution is 0.452. The molecule has 0 saturated carbocycles. The van der Waals surface area contributed by atoms with Crippen molar-refractivity contribution < 1.29 is 8.81 Å². The third kappa shape index (κ3) is 2.70. The summed E-state index contributed by atoms with van der Waals surface area (Å²) < 4.78 is 19.2. The molecule has 1 aromatic heterocycles. The Morgan fingerprint density at radius 1 is 1.41 bits per heavy atom. The van der Waals surface area contributed by atoms with Crippen molar-refractivity contribution in [3.05, 3.63) is 34.4 Å². The van der Waals surface area contributed by atoms with Gasteiger partial charge in [-0.3, -0.25) is 0 Å². The lowest BCUT2D eigenvalue weighted by Crippen LogP contribution is -2.08. The maximum Gasteiger partial charge on any atom is 0.247 e. The quantitative estimate of drug-likeness (QED) is 0.946. The topological polar surface area (TPSA) is 64.9 Å². The molecule has 0 aliphatic carbocycles. The van der Waals surface area contributed by atoms with Crippen LogP contribution >= 0.6 is 15.9 Å². The summed E-state index contributed by atoms with van der Waals surface area (Å²) in [6, 6.07) is 4.11. The SMILES string of the molecule is CCC(N)c1nnc(-c2cc(F)cc(Br)c2)o1. The number of hydrogen-bond donors (Lipinski definition) is 1. The number of rotatable bonds is 3. The highest BCUT2D eigenvalue weighted by molar-refractivity contribution is 9.10. The van der Waals surface area contributed by atoms with Gasteiger partial charge >= 0.3 is 0 Å². The highest BCUT2D eigenvalue weighted by Crippen LogP contribution is 2.25. The van der Waals surface area contributed by atoms with Gasteiger partial charge in [-0.15, -0.1) is 10.2 Å². The molecule has 0 radical (unpaired) electrons. The van der Waals surface area contributed by atoms with E-state index in [1.165, 1.54) is 12.1 Å². The molecule has 0 aliphatic rings. The Kier molecular flexibility index (Phi) is 3.54. The molecule has 0 saturated heterocycles. The van der Waals surface area contributed by atoms with E-state index in [0.29, 0.717) is 22.3 Å². The lowest BCUT2D eigenvalue weighted by Gasteiger charge is -2.00. The number of benzene rings is 1. The Balaban J connectivity index is 2.36. The molecule has 0 aliphatic heterocycles. The van der Waals surface area contributed by atoms with Gasteiger partial charge in [0, 0.05) is 10.0 Å². The molecule has 6 heteroatoms. The van der Waals surface area contributed by atoms with Gasteiger partial charge in [-0.25, -0.2) is 4.39 Å². The van der Waals surface area contributed by atoms with Crippen molar-refractivity contribution in [1.29, 1.82) is 0 Å². The van der Waals surface area contributed by atoms with Gasteiger partial charge in [-0.05, 0) is 24.6 Å². The van der Waals surface area contributed by atoms with Crippen molar-refractivity contribution in [2.75, 3.05) is 0 Å². The zero-order valence-electron chi connectivity index (χ0n) is 9.15. The molecule has 0 amide bonds. The van der Waals surface area contributed by atoms with E-state index in [1.807, 2.05) is 6.92 Å². The average Bonchev–Trinajstić information content (AvgIpc) is 2.76. The van der Waals surface area contributed by atoms with E-state index in [2.05, 4.69) is 26.1 Å². The zero-order valence-corrected chi connectivity index (χ0v) is 10.7. The Morgan fingerprint density at radius 3 is 2.82 bits per heavy atom. The first-order chi connectivity index (χ1) is 8.10. The van der Waals surface area contributed by atoms with Crippen molar-refractivity contribution in [3.8, 4) is 11.5 Å². The summed E-state index contributed by atoms with van der Waals surface area (Å²) in [5.41, 5.74) is 6.29. The molecule has 4 nitrogen and oxygen atoms in total. The van der Waals surface area contributed by atoms with Gasteiger partial charge in [-0.1, -0.05) is 22.9 Å². The summed E-state index contributed by atoms with van der Waals surface area (Å²) in [6.45, 7) is 1.92. The molecule has 2 rings (SSSR count). The Bertz CT molecular complexity index is 509. The fourth-order valence-corrected chi connectivity index (χ4v) is 1.82. The van der Waals surface area contributed by atoms with Crippen LogP contribution in [-0.2, 0) is 0 Å². The van der Waals surface area contributed by atoms with Crippen LogP contribution in [0.2, 0.25) is 0 Å². The second-order valence-corrected chi connectivity index (χ2v) is 4.53. The van der Waals surface area contributed by atoms with E-state index in [9.17, 15) is 4.39 Å². The first kappa shape index (κ1) is 12.2. The van der Waals surface area contributed by atoms with E-state index < -0.39 is 0 Å². The van der Waals surface area contributed by atoms with Gasteiger partial charge in [0.2, 0.25) is 11.8 Å². The summed E-state index contributed by atoms with van der Waals surface area (Å²) >= 11 is 3.21. The number of nitrogens with two attached hydrogens (primary N) is 1. The van der Waals surface area contributed by atoms with Crippen LogP contribution in [0.4, 0.5) is 4.39 Å². The summed E-state index contributed by atoms with van der Waals surface area (Å²) in [7, 11) is 0. The van der Waals surface area contributed by atoms with Crippen LogP contribution in [0, 0.1) is 5.82 Å². The van der Waals surface area contributed by atoms with Gasteiger partial charge in [0.05, 0.1) is 6.04 Å². The largest absolute Gasteiger partial charge is 0.419 e. The summed E-state index contributed by atoms with van der Waals surface area (Å²) in [5.74, 6) is 0.265. The second-order valence-electron chi connectivity index (χ2n) is 3.62. The van der Waals surface area contributed by atoms with Crippen molar-refractivity contribution in [3.63, 3.8) is 0 Å². The molecule has 0 fully saturated rings. The van der Waals surface area contributed by atoms with Crippen molar-refractivity contribution in [1.82, 2.24) is 10.2 Å². The molecule has 0 spiro atoms. The molecule has 1 atom stereocenters. The summed E-state index contributed by atoms with van der Waals surface area (Å²) in [4.78, 5) is 0. The average molecular weight is 300 g/mol. The van der Waals surface area contributed by atoms with Gasteiger partial charge < -0.3 is 10.2 Å². The van der Waals surface area contributed by atoms with Crippen LogP contribution in [0.1, 0.15) is 25.3 Å². The van der Waals surface area contributed by atoms with Gasteiger partial charge in [0.25, 0.3) is 0 Å². The van der Waals surface area contributed by atoms with Gasteiger partial charge in [-0.2, -0.15) is 0 Å². The molecule has 90 valence electrons. The van der Waals surface area contributed by atoms with E-state index in [-0.39, 0.29) is 17.7 Å². The van der Waals surface area contributed by atoms with E-state index in [0.717, 1.165) is 0 Å². The minimum Gasteiger partial charge on any atom is -0.419 e. The van der Waals surface area contributed by atoms with Gasteiger partial charge in [0.1, 0.15) is 5.82 Å². The summed E-state index contributed by atoms with van der Waals surface area (Å²) in [6.07, 6.45) is 0.703. The van der Waals surface area contributed by atoms with Crippen LogP contribution in [0.3, 0.4) is 0 Å². The van der Waals surface area contributed by atoms with Crippen LogP contribution in [0.25, 0.3) is 11.5 Å². The first-order valence-electron chi connectivity index (χ1n) is 5.15. The smallest absolute Gasteiger partial charge is 0.247 e. The van der Waals surface area contributed by atoms with E-state index in [1.54, 1.807) is 6.07 Å². The molecule has 1 unspecified atom stereocenters. The highest BCUT2D eigenvalue weighted by Gasteiger charge is 2.14. The van der Waals surface area contributed by atoms with Crippen molar-refractivity contribution in [2.45, 2.75) is 19.4 Å². The fourth-order valence-electron chi connectivity index (χ4n) is 1.35. The molecule has 1 heterocycles. The minimum atomic E-state index is -0.367. The van der Waals surface area contributed by atoms with Crippen molar-refractivity contribution in [2.24, 2.45) is 5.73 Å². The number of halogens is 2. The molecule has 0 bridgehead atoms. The van der Waals surface area contributed by atoms with Crippen LogP contribution in [-0.4, -0.2) is 10.2 Å². The van der Waals surface area contributed by atoms with Crippen LogP contribution in [0.15, 0.2) is 27.1 Å². The summed E-state index contributed by atoms with van der Waals surface area (Å²) in [5, 5.41) is 7.70. The maximum absolute atomic E-state index is 13.2. The van der Waals surface area contributed by atoms with Crippen molar-refractivity contribution >= 4 is 15.9 Å². The number of nitrogens with zero attached hydrogens (tertiary/aromatic N) is 2. The Hall–Kier alpha value is -1.27. The molecule has 2 N–H and O–H groups in total. The molecular formula is C11H11BrFN3O. The second kappa shape index (κ2) is 4.93. The minimum absolute atomic E-state index is 0.268. The number of aromatic nitrogens is 2.